The molecule has 0 unspecified atom stereocenters. The normalized spacial score (nSPS) is 10.1. The van der Waals surface area contributed by atoms with Crippen molar-refractivity contribution in [1.82, 2.24) is 4.98 Å². The number of ether oxygens (including phenoxy) is 1. The number of halogens is 1. The lowest BCUT2D eigenvalue weighted by Crippen LogP contribution is -2.14. The number of carbonyl (C=O) groups excluding carboxylic acids is 1. The lowest BCUT2D eigenvalue weighted by atomic mass is 10.2. The van der Waals surface area contributed by atoms with Gasteiger partial charge in [0, 0.05) is 16.8 Å². The summed E-state index contributed by atoms with van der Waals surface area (Å²) in [6.45, 7) is 1.85. The second kappa shape index (κ2) is 8.42. The molecule has 7 heteroatoms. The number of nitrogens with zero attached hydrogens (tertiary/aromatic N) is 2. The Labute approximate surface area is 167 Å². The maximum absolute atomic E-state index is 12.5. The number of hydrogen-bond donors (Lipinski definition) is 2. The van der Waals surface area contributed by atoms with Crippen molar-refractivity contribution in [2.45, 2.75) is 6.92 Å². The molecule has 0 bridgehead atoms. The lowest BCUT2D eigenvalue weighted by Gasteiger charge is -2.12. The Morgan fingerprint density at radius 1 is 1.14 bits per heavy atom. The predicted molar refractivity (Wildman–Crippen MR) is 109 cm³/mol. The van der Waals surface area contributed by atoms with Crippen LogP contribution in [0.4, 0.5) is 17.1 Å². The molecule has 1 heterocycles. The molecule has 28 heavy (non-hydrogen) atoms. The largest absolute Gasteiger partial charge is 0.495 e. The first-order chi connectivity index (χ1) is 13.5. The number of nitriles is 1. The fraction of sp³-hybridized carbons (Fsp3) is 0.0952. The maximum Gasteiger partial charge on any atom is 0.274 e. The van der Waals surface area contributed by atoms with Gasteiger partial charge in [-0.1, -0.05) is 11.6 Å². The molecule has 0 atom stereocenters. The number of amides is 1. The summed E-state index contributed by atoms with van der Waals surface area (Å²) in [5.41, 5.74) is 3.74. The van der Waals surface area contributed by atoms with Crippen molar-refractivity contribution in [2.75, 3.05) is 17.7 Å². The van der Waals surface area contributed by atoms with E-state index >= 15 is 0 Å². The van der Waals surface area contributed by atoms with Gasteiger partial charge in [0.05, 0.1) is 36.3 Å². The van der Waals surface area contributed by atoms with Crippen LogP contribution in [0.3, 0.4) is 0 Å². The third-order valence-electron chi connectivity index (χ3n) is 4.03. The molecule has 1 aromatic heterocycles. The van der Waals surface area contributed by atoms with E-state index in [1.807, 2.05) is 6.92 Å². The highest BCUT2D eigenvalue weighted by atomic mass is 35.5. The van der Waals surface area contributed by atoms with E-state index in [0.717, 1.165) is 16.9 Å². The fourth-order valence-electron chi connectivity index (χ4n) is 2.51. The van der Waals surface area contributed by atoms with Crippen LogP contribution in [0.5, 0.6) is 5.75 Å². The van der Waals surface area contributed by atoms with Crippen molar-refractivity contribution in [1.29, 1.82) is 5.26 Å². The SMILES string of the molecule is COc1cc(Cl)c(C)cc1NC(=O)c1ccc(Nc2ccc(C#N)cc2)cn1. The predicted octanol–water partition coefficient (Wildman–Crippen LogP) is 4.92. The third-order valence-corrected chi connectivity index (χ3v) is 4.43. The van der Waals surface area contributed by atoms with Gasteiger partial charge in [0.2, 0.25) is 0 Å². The molecule has 0 aliphatic carbocycles. The van der Waals surface area contributed by atoms with Crippen molar-refractivity contribution in [2.24, 2.45) is 0 Å². The van der Waals surface area contributed by atoms with Crippen LogP contribution in [0.2, 0.25) is 5.02 Å². The molecule has 0 saturated heterocycles. The minimum atomic E-state index is -0.357. The van der Waals surface area contributed by atoms with E-state index in [2.05, 4.69) is 21.7 Å². The molecule has 0 radical (unpaired) electrons. The van der Waals surface area contributed by atoms with Crippen LogP contribution in [-0.4, -0.2) is 18.0 Å². The van der Waals surface area contributed by atoms with Gasteiger partial charge >= 0.3 is 0 Å². The van der Waals surface area contributed by atoms with Crippen LogP contribution in [0.15, 0.2) is 54.7 Å². The Morgan fingerprint density at radius 3 is 2.46 bits per heavy atom. The van der Waals surface area contributed by atoms with E-state index < -0.39 is 0 Å². The highest BCUT2D eigenvalue weighted by molar-refractivity contribution is 6.31. The number of aromatic nitrogens is 1. The average molecular weight is 393 g/mol. The van der Waals surface area contributed by atoms with Gasteiger partial charge in [-0.15, -0.1) is 0 Å². The number of carbonyl (C=O) groups is 1. The summed E-state index contributed by atoms with van der Waals surface area (Å²) in [5, 5.41) is 15.4. The molecule has 2 N–H and O–H groups in total. The standard InChI is InChI=1S/C21H17ClN4O2/c1-13-9-19(20(28-2)10-17(13)22)26-21(27)18-8-7-16(12-24-18)25-15-5-3-14(11-23)4-6-15/h3-10,12,25H,1-2H3,(H,26,27). The van der Waals surface area contributed by atoms with E-state index in [0.29, 0.717) is 22.0 Å². The number of anilines is 3. The average Bonchev–Trinajstić information content (AvgIpc) is 2.71. The Balaban J connectivity index is 1.71. The Morgan fingerprint density at radius 2 is 1.86 bits per heavy atom. The number of rotatable bonds is 5. The molecule has 0 aliphatic heterocycles. The van der Waals surface area contributed by atoms with E-state index in [9.17, 15) is 4.79 Å². The summed E-state index contributed by atoms with van der Waals surface area (Å²) in [4.78, 5) is 16.7. The second-order valence-corrected chi connectivity index (χ2v) is 6.41. The van der Waals surface area contributed by atoms with Gasteiger partial charge in [0.15, 0.2) is 0 Å². The number of benzene rings is 2. The molecule has 6 nitrogen and oxygen atoms in total. The van der Waals surface area contributed by atoms with E-state index in [-0.39, 0.29) is 11.6 Å². The van der Waals surface area contributed by atoms with Gasteiger partial charge < -0.3 is 15.4 Å². The molecule has 2 aromatic carbocycles. The van der Waals surface area contributed by atoms with Crippen molar-refractivity contribution in [3.63, 3.8) is 0 Å². The topological polar surface area (TPSA) is 87.0 Å². The molecular weight excluding hydrogens is 376 g/mol. The van der Waals surface area contributed by atoms with Gasteiger partial charge in [0.1, 0.15) is 11.4 Å². The Kier molecular flexibility index (Phi) is 5.78. The molecule has 0 saturated carbocycles. The quantitative estimate of drug-likeness (QED) is 0.643. The van der Waals surface area contributed by atoms with Gasteiger partial charge in [-0.3, -0.25) is 4.79 Å². The number of pyridine rings is 1. The Bertz CT molecular complexity index is 1040. The summed E-state index contributed by atoms with van der Waals surface area (Å²) >= 11 is 6.09. The van der Waals surface area contributed by atoms with Crippen LogP contribution >= 0.6 is 11.6 Å². The molecule has 140 valence electrons. The number of nitrogens with one attached hydrogen (secondary N) is 2. The second-order valence-electron chi connectivity index (χ2n) is 6.00. The Hall–Kier alpha value is -3.56. The smallest absolute Gasteiger partial charge is 0.274 e. The number of aryl methyl sites for hydroxylation is 1. The van der Waals surface area contributed by atoms with E-state index in [1.54, 1.807) is 54.7 Å². The van der Waals surface area contributed by atoms with Gasteiger partial charge in [-0.05, 0) is 55.0 Å². The molecule has 3 rings (SSSR count). The highest BCUT2D eigenvalue weighted by Gasteiger charge is 2.13. The van der Waals surface area contributed by atoms with Crippen molar-refractivity contribution in [3.8, 4) is 11.8 Å². The summed E-state index contributed by atoms with van der Waals surface area (Å²) in [6, 6.07) is 15.9. The third kappa shape index (κ3) is 4.40. The van der Waals surface area contributed by atoms with Crippen molar-refractivity contribution in [3.05, 3.63) is 76.6 Å². The van der Waals surface area contributed by atoms with Gasteiger partial charge in [0.25, 0.3) is 5.91 Å². The van der Waals surface area contributed by atoms with Crippen LogP contribution in [0.1, 0.15) is 21.6 Å². The van der Waals surface area contributed by atoms with E-state index in [4.69, 9.17) is 21.6 Å². The molecule has 0 fully saturated rings. The summed E-state index contributed by atoms with van der Waals surface area (Å²) in [7, 11) is 1.51. The molecular formula is C21H17ClN4O2. The summed E-state index contributed by atoms with van der Waals surface area (Å²) in [5.74, 6) is 0.119. The number of hydrogen-bond acceptors (Lipinski definition) is 5. The van der Waals surface area contributed by atoms with Gasteiger partial charge in [-0.25, -0.2) is 4.98 Å². The number of methoxy groups -OCH3 is 1. The monoisotopic (exact) mass is 392 g/mol. The van der Waals surface area contributed by atoms with Crippen molar-refractivity contribution >= 4 is 34.6 Å². The molecule has 0 spiro atoms. The first kappa shape index (κ1) is 19.2. The summed E-state index contributed by atoms with van der Waals surface area (Å²) < 4.78 is 5.27. The van der Waals surface area contributed by atoms with Crippen LogP contribution in [0.25, 0.3) is 0 Å². The van der Waals surface area contributed by atoms with E-state index in [1.165, 1.54) is 7.11 Å². The fourth-order valence-corrected chi connectivity index (χ4v) is 2.67. The summed E-state index contributed by atoms with van der Waals surface area (Å²) in [6.07, 6.45) is 1.57. The molecule has 1 amide bonds. The van der Waals surface area contributed by atoms with Crippen LogP contribution in [0, 0.1) is 18.3 Å². The van der Waals surface area contributed by atoms with Crippen LogP contribution < -0.4 is 15.4 Å². The molecule has 0 aliphatic rings. The zero-order chi connectivity index (χ0) is 20.1. The molecule has 3 aromatic rings. The van der Waals surface area contributed by atoms with Gasteiger partial charge in [-0.2, -0.15) is 5.26 Å². The minimum Gasteiger partial charge on any atom is -0.495 e. The minimum absolute atomic E-state index is 0.264. The first-order valence-electron chi connectivity index (χ1n) is 8.39. The van der Waals surface area contributed by atoms with Crippen LogP contribution in [-0.2, 0) is 0 Å². The zero-order valence-electron chi connectivity index (χ0n) is 15.3. The zero-order valence-corrected chi connectivity index (χ0v) is 16.0. The van der Waals surface area contributed by atoms with Crippen molar-refractivity contribution < 1.29 is 9.53 Å². The maximum atomic E-state index is 12.5. The first-order valence-corrected chi connectivity index (χ1v) is 8.76. The highest BCUT2D eigenvalue weighted by Crippen LogP contribution is 2.31. The lowest BCUT2D eigenvalue weighted by molar-refractivity contribution is 0.102.